The molecule has 0 saturated heterocycles. The van der Waals surface area contributed by atoms with Gasteiger partial charge in [-0.15, -0.1) is 11.3 Å². The molecule has 0 aliphatic heterocycles. The highest BCUT2D eigenvalue weighted by Crippen LogP contribution is 2.38. The number of hydrogen-bond acceptors (Lipinski definition) is 2. The largest absolute Gasteiger partial charge is 0.356 e. The van der Waals surface area contributed by atoms with Crippen molar-refractivity contribution < 1.29 is 13.6 Å². The van der Waals surface area contributed by atoms with E-state index < -0.39 is 12.3 Å². The predicted octanol–water partition coefficient (Wildman–Crippen LogP) is 5.82. The molecule has 1 N–H and O–H groups in total. The Kier molecular flexibility index (Phi) is 5.48. The minimum absolute atomic E-state index is 0.0214. The number of nitrogens with one attached hydrogen (secondary N) is 1. The van der Waals surface area contributed by atoms with Crippen LogP contribution in [0.1, 0.15) is 67.3 Å². The van der Waals surface area contributed by atoms with E-state index in [2.05, 4.69) is 33.0 Å². The van der Waals surface area contributed by atoms with Gasteiger partial charge in [-0.3, -0.25) is 4.79 Å². The van der Waals surface area contributed by atoms with Crippen molar-refractivity contribution in [2.24, 2.45) is 12.5 Å². The monoisotopic (exact) mass is 354 g/mol. The highest BCUT2D eigenvalue weighted by molar-refractivity contribution is 7.10. The van der Waals surface area contributed by atoms with Crippen molar-refractivity contribution in [3.63, 3.8) is 0 Å². The summed E-state index contributed by atoms with van der Waals surface area (Å²) in [5.74, 6) is -0.209. The summed E-state index contributed by atoms with van der Waals surface area (Å²) in [7, 11) is 1.63. The molecule has 2 aromatic rings. The number of halogens is 2. The molecule has 0 bridgehead atoms. The number of carbonyl (C=O) groups excluding carboxylic acids is 1. The van der Waals surface area contributed by atoms with Crippen LogP contribution in [0.4, 0.5) is 14.5 Å². The third-order valence-corrected chi connectivity index (χ3v) is 4.92. The Hall–Kier alpha value is -1.69. The average molecular weight is 354 g/mol. The van der Waals surface area contributed by atoms with Gasteiger partial charge in [-0.1, -0.05) is 27.7 Å². The fraction of sp³-hybridized carbons (Fsp3) is 0.500. The molecule has 132 valence electrons. The maximum atomic E-state index is 13.1. The second-order valence-electron chi connectivity index (χ2n) is 7.41. The Morgan fingerprint density at radius 2 is 2.00 bits per heavy atom. The number of nitrogens with zero attached hydrogens (tertiary/aromatic N) is 1. The van der Waals surface area contributed by atoms with Crippen LogP contribution in [0.15, 0.2) is 23.8 Å². The van der Waals surface area contributed by atoms with Crippen LogP contribution < -0.4 is 5.32 Å². The topological polar surface area (TPSA) is 34.0 Å². The summed E-state index contributed by atoms with van der Waals surface area (Å²) in [6.45, 7) is 8.65. The molecule has 6 heteroatoms. The lowest BCUT2D eigenvalue weighted by Gasteiger charge is -2.23. The van der Waals surface area contributed by atoms with Gasteiger partial charge in [0.2, 0.25) is 0 Å². The third kappa shape index (κ3) is 4.44. The van der Waals surface area contributed by atoms with E-state index in [-0.39, 0.29) is 22.5 Å². The Morgan fingerprint density at radius 3 is 2.58 bits per heavy atom. The molecule has 0 aromatic carbocycles. The Morgan fingerprint density at radius 1 is 1.33 bits per heavy atom. The lowest BCUT2D eigenvalue weighted by Crippen LogP contribution is -2.15. The second kappa shape index (κ2) is 7.05. The van der Waals surface area contributed by atoms with Gasteiger partial charge in [0.05, 0.1) is 11.3 Å². The third-order valence-electron chi connectivity index (χ3n) is 3.78. The SMILES string of the molecule is CC(CC(C)(C)C)c1sccc1NC(=O)c1cn(C)cc1C(F)F. The smallest absolute Gasteiger partial charge is 0.266 e. The van der Waals surface area contributed by atoms with Gasteiger partial charge >= 0.3 is 0 Å². The molecule has 1 unspecified atom stereocenters. The first-order valence-corrected chi connectivity index (χ1v) is 8.79. The molecule has 1 amide bonds. The summed E-state index contributed by atoms with van der Waals surface area (Å²) in [6.07, 6.45) is 1.02. The van der Waals surface area contributed by atoms with Gasteiger partial charge in [-0.05, 0) is 29.2 Å². The van der Waals surface area contributed by atoms with Crippen molar-refractivity contribution in [1.29, 1.82) is 0 Å². The van der Waals surface area contributed by atoms with E-state index in [1.165, 1.54) is 17.0 Å². The van der Waals surface area contributed by atoms with Crippen LogP contribution in [-0.4, -0.2) is 10.5 Å². The molecule has 2 heterocycles. The van der Waals surface area contributed by atoms with E-state index >= 15 is 0 Å². The number of alkyl halides is 2. The molecular formula is C18H24F2N2OS. The van der Waals surface area contributed by atoms with Crippen LogP contribution in [0.5, 0.6) is 0 Å². The number of hydrogen-bond donors (Lipinski definition) is 1. The van der Waals surface area contributed by atoms with Crippen molar-refractivity contribution in [2.75, 3.05) is 5.32 Å². The Bertz CT molecular complexity index is 713. The van der Waals surface area contributed by atoms with Crippen LogP contribution in [0.25, 0.3) is 0 Å². The van der Waals surface area contributed by atoms with Crippen molar-refractivity contribution in [2.45, 2.75) is 46.5 Å². The first-order chi connectivity index (χ1) is 11.1. The van der Waals surface area contributed by atoms with E-state index in [4.69, 9.17) is 0 Å². The zero-order valence-corrected chi connectivity index (χ0v) is 15.5. The zero-order valence-electron chi connectivity index (χ0n) is 14.7. The molecule has 1 atom stereocenters. The standard InChI is InChI=1S/C18H24F2N2OS/c1-11(8-18(2,3)4)15-14(6-7-24-15)21-17(23)13-10-22(5)9-12(13)16(19)20/h6-7,9-11,16H,8H2,1-5H3,(H,21,23). The average Bonchev–Trinajstić information content (AvgIpc) is 3.03. The Labute approximate surface area is 145 Å². The van der Waals surface area contributed by atoms with Crippen LogP contribution in [0.3, 0.4) is 0 Å². The molecule has 3 nitrogen and oxygen atoms in total. The number of thiophene rings is 1. The lowest BCUT2D eigenvalue weighted by atomic mass is 9.84. The Balaban J connectivity index is 2.21. The molecule has 0 aliphatic carbocycles. The van der Waals surface area contributed by atoms with Crippen molar-refractivity contribution >= 4 is 22.9 Å². The first-order valence-electron chi connectivity index (χ1n) is 7.91. The molecule has 0 spiro atoms. The van der Waals surface area contributed by atoms with Gasteiger partial charge < -0.3 is 9.88 Å². The highest BCUT2D eigenvalue weighted by atomic mass is 32.1. The summed E-state index contributed by atoms with van der Waals surface area (Å²) in [6, 6.07) is 1.84. The quantitative estimate of drug-likeness (QED) is 0.721. The van der Waals surface area contributed by atoms with Crippen molar-refractivity contribution in [1.82, 2.24) is 4.57 Å². The van der Waals surface area contributed by atoms with Gasteiger partial charge in [-0.25, -0.2) is 8.78 Å². The maximum absolute atomic E-state index is 13.1. The molecular weight excluding hydrogens is 330 g/mol. The summed E-state index contributed by atoms with van der Waals surface area (Å²) in [4.78, 5) is 13.5. The molecule has 0 fully saturated rings. The predicted molar refractivity (Wildman–Crippen MR) is 95.1 cm³/mol. The molecule has 24 heavy (non-hydrogen) atoms. The second-order valence-corrected chi connectivity index (χ2v) is 8.36. The number of aromatic nitrogens is 1. The summed E-state index contributed by atoms with van der Waals surface area (Å²) < 4.78 is 27.6. The van der Waals surface area contributed by atoms with E-state index in [1.54, 1.807) is 18.4 Å². The fourth-order valence-electron chi connectivity index (χ4n) is 2.97. The van der Waals surface area contributed by atoms with E-state index in [9.17, 15) is 13.6 Å². The highest BCUT2D eigenvalue weighted by Gasteiger charge is 2.24. The van der Waals surface area contributed by atoms with Gasteiger partial charge in [0.15, 0.2) is 0 Å². The number of carbonyl (C=O) groups is 1. The van der Waals surface area contributed by atoms with Gasteiger partial charge in [0.25, 0.3) is 12.3 Å². The van der Waals surface area contributed by atoms with Crippen molar-refractivity contribution in [3.8, 4) is 0 Å². The van der Waals surface area contributed by atoms with E-state index in [0.29, 0.717) is 5.69 Å². The van der Waals surface area contributed by atoms with Crippen molar-refractivity contribution in [3.05, 3.63) is 39.8 Å². The minimum Gasteiger partial charge on any atom is -0.356 e. The van der Waals surface area contributed by atoms with Crippen LogP contribution in [-0.2, 0) is 7.05 Å². The fourth-order valence-corrected chi connectivity index (χ4v) is 3.89. The van der Waals surface area contributed by atoms with Gasteiger partial charge in [-0.2, -0.15) is 0 Å². The summed E-state index contributed by atoms with van der Waals surface area (Å²) in [5, 5.41) is 4.73. The van der Waals surface area contributed by atoms with Gasteiger partial charge in [0.1, 0.15) is 0 Å². The van der Waals surface area contributed by atoms with E-state index in [1.807, 2.05) is 11.4 Å². The minimum atomic E-state index is -2.67. The van der Waals surface area contributed by atoms with Crippen LogP contribution in [0, 0.1) is 5.41 Å². The maximum Gasteiger partial charge on any atom is 0.266 e. The molecule has 0 aliphatic rings. The van der Waals surface area contributed by atoms with Crippen LogP contribution in [0.2, 0.25) is 0 Å². The molecule has 2 rings (SSSR count). The van der Waals surface area contributed by atoms with Crippen LogP contribution >= 0.6 is 11.3 Å². The summed E-state index contributed by atoms with van der Waals surface area (Å²) in [5.41, 5.74) is 0.668. The molecule has 0 radical (unpaired) electrons. The number of aryl methyl sites for hydroxylation is 1. The number of anilines is 1. The molecule has 2 aromatic heterocycles. The van der Waals surface area contributed by atoms with Gasteiger partial charge in [0, 0.05) is 29.9 Å². The summed E-state index contributed by atoms with van der Waals surface area (Å²) >= 11 is 1.58. The first kappa shape index (κ1) is 18.6. The van der Waals surface area contributed by atoms with E-state index in [0.717, 1.165) is 11.3 Å². The lowest BCUT2D eigenvalue weighted by molar-refractivity contribution is 0.101. The number of amides is 1. The number of rotatable bonds is 5. The normalized spacial score (nSPS) is 13.3. The molecule has 0 saturated carbocycles. The zero-order chi connectivity index (χ0) is 18.1.